The number of hydrogen-bond donors (Lipinski definition) is 12. The zero-order valence-electron chi connectivity index (χ0n) is 54.7. The van der Waals surface area contributed by atoms with Gasteiger partial charge in [-0.1, -0.05) is 263 Å². The van der Waals surface area contributed by atoms with Crippen molar-refractivity contribution in [3.63, 3.8) is 0 Å². The molecule has 0 bridgehead atoms. The third-order valence-corrected chi connectivity index (χ3v) is 18.0. The molecule has 0 saturated carbocycles. The maximum atomic E-state index is 13.4. The number of aliphatic hydroxyl groups is 11. The Labute approximate surface area is 530 Å². The number of carbonyl (C=O) groups is 1. The van der Waals surface area contributed by atoms with Gasteiger partial charge in [-0.15, -0.1) is 0 Å². The zero-order valence-corrected chi connectivity index (χ0v) is 54.7. The molecule has 88 heavy (non-hydrogen) atoms. The molecular formula is C69H129NO18. The van der Waals surface area contributed by atoms with Crippen LogP contribution in [0.25, 0.3) is 0 Å². The number of rotatable bonds is 55. The summed E-state index contributed by atoms with van der Waals surface area (Å²) in [5.41, 5.74) is 0. The summed E-state index contributed by atoms with van der Waals surface area (Å²) in [4.78, 5) is 13.4. The number of hydrogen-bond acceptors (Lipinski definition) is 18. The van der Waals surface area contributed by atoms with Crippen molar-refractivity contribution in [3.05, 3.63) is 24.3 Å². The Morgan fingerprint density at radius 2 is 0.727 bits per heavy atom. The Hall–Kier alpha value is -1.73. The van der Waals surface area contributed by atoms with Gasteiger partial charge in [-0.2, -0.15) is 0 Å². The maximum Gasteiger partial charge on any atom is 0.220 e. The van der Waals surface area contributed by atoms with Crippen LogP contribution in [0.3, 0.4) is 0 Å². The van der Waals surface area contributed by atoms with Crippen LogP contribution < -0.4 is 5.32 Å². The topological polar surface area (TPSA) is 307 Å². The normalized spacial score (nSPS) is 28.5. The zero-order chi connectivity index (χ0) is 64.0. The molecule has 3 fully saturated rings. The number of aliphatic hydroxyl groups excluding tert-OH is 11. The first-order valence-corrected chi connectivity index (χ1v) is 35.6. The fourth-order valence-electron chi connectivity index (χ4n) is 12.2. The van der Waals surface area contributed by atoms with Gasteiger partial charge in [-0.05, 0) is 32.1 Å². The summed E-state index contributed by atoms with van der Waals surface area (Å²) in [5, 5.41) is 120. The molecule has 0 radical (unpaired) electrons. The quantitative estimate of drug-likeness (QED) is 0.0199. The molecule has 0 aromatic carbocycles. The summed E-state index contributed by atoms with van der Waals surface area (Å²) in [7, 11) is 0. The van der Waals surface area contributed by atoms with Gasteiger partial charge in [0.2, 0.25) is 5.91 Å². The molecule has 3 saturated heterocycles. The van der Waals surface area contributed by atoms with E-state index < -0.39 is 124 Å². The van der Waals surface area contributed by atoms with E-state index in [-0.39, 0.29) is 18.9 Å². The molecule has 0 spiro atoms. The molecule has 3 rings (SSSR count). The van der Waals surface area contributed by atoms with Crippen molar-refractivity contribution in [2.75, 3.05) is 26.4 Å². The fourth-order valence-corrected chi connectivity index (χ4v) is 12.2. The highest BCUT2D eigenvalue weighted by molar-refractivity contribution is 5.76. The van der Waals surface area contributed by atoms with Crippen LogP contribution in [0, 0.1) is 0 Å². The summed E-state index contributed by atoms with van der Waals surface area (Å²) in [6.45, 7) is 1.72. The second kappa shape index (κ2) is 51.7. The fraction of sp³-hybridized carbons (Fsp3) is 0.928. The van der Waals surface area contributed by atoms with Crippen LogP contribution in [-0.4, -0.2) is 193 Å². The van der Waals surface area contributed by atoms with Gasteiger partial charge in [0.15, 0.2) is 18.9 Å². The third kappa shape index (κ3) is 33.4. The number of amides is 1. The molecule has 17 atom stereocenters. The van der Waals surface area contributed by atoms with Gasteiger partial charge in [0, 0.05) is 6.42 Å². The minimum Gasteiger partial charge on any atom is -0.394 e. The lowest BCUT2D eigenvalue weighted by molar-refractivity contribution is -0.379. The molecule has 19 heteroatoms. The standard InChI is InChI=1S/C69H129NO18/c1-3-5-7-9-11-13-15-17-18-19-20-21-22-23-24-25-26-27-28-29-30-31-32-33-35-37-39-41-43-45-47-57(75)70-52(53(74)46-44-42-40-38-36-34-16-14-12-10-8-6-4-2)51-83-67-63(81)60(78)65(55(49-72)85-67)88-69-64(82)61(79)66(56(50-73)86-69)87-68-62(80)59(77)58(76)54(48-71)84-68/h36,38,44,46,52-56,58-69,71-74,76-82H,3-35,37,39-43,45,47-51H2,1-2H3,(H,70,75)/b38-36+,46-44+. The monoisotopic (exact) mass is 1260 g/mol. The lowest BCUT2D eigenvalue weighted by atomic mass is 9.96. The van der Waals surface area contributed by atoms with E-state index in [0.717, 1.165) is 38.5 Å². The largest absolute Gasteiger partial charge is 0.394 e. The van der Waals surface area contributed by atoms with Crippen LogP contribution in [0.15, 0.2) is 24.3 Å². The number of nitrogens with one attached hydrogen (secondary N) is 1. The molecule has 17 unspecified atom stereocenters. The smallest absolute Gasteiger partial charge is 0.220 e. The van der Waals surface area contributed by atoms with Crippen LogP contribution in [0.4, 0.5) is 0 Å². The van der Waals surface area contributed by atoms with E-state index in [1.54, 1.807) is 6.08 Å². The molecule has 3 aliphatic rings. The van der Waals surface area contributed by atoms with Crippen molar-refractivity contribution in [2.24, 2.45) is 0 Å². The van der Waals surface area contributed by atoms with E-state index in [0.29, 0.717) is 12.8 Å². The van der Waals surface area contributed by atoms with Gasteiger partial charge < -0.3 is 89.9 Å². The van der Waals surface area contributed by atoms with E-state index in [4.69, 9.17) is 28.4 Å². The van der Waals surface area contributed by atoms with Crippen LogP contribution in [0.1, 0.15) is 277 Å². The van der Waals surface area contributed by atoms with Gasteiger partial charge in [0.05, 0.1) is 38.6 Å². The molecule has 0 aromatic heterocycles. The maximum absolute atomic E-state index is 13.4. The van der Waals surface area contributed by atoms with Crippen LogP contribution in [0.5, 0.6) is 0 Å². The van der Waals surface area contributed by atoms with E-state index in [2.05, 4.69) is 31.3 Å². The minimum absolute atomic E-state index is 0.240. The average molecular weight is 1260 g/mol. The SMILES string of the molecule is CCCCCCCCC/C=C/CC/C=C/C(O)C(COC1OC(CO)C(OC2OC(CO)C(OC3OC(CO)C(O)C(O)C3O)C(O)C2O)C(O)C1O)NC(=O)CCCCCCCCCCCCCCCCCCCCCCCCCCCCCCCC. The van der Waals surface area contributed by atoms with Gasteiger partial charge in [-0.25, -0.2) is 0 Å². The van der Waals surface area contributed by atoms with Crippen molar-refractivity contribution < 1.29 is 89.4 Å². The highest BCUT2D eigenvalue weighted by Gasteiger charge is 2.53. The first kappa shape index (κ1) is 80.5. The first-order valence-electron chi connectivity index (χ1n) is 35.6. The van der Waals surface area contributed by atoms with Crippen molar-refractivity contribution in [1.82, 2.24) is 5.32 Å². The van der Waals surface area contributed by atoms with Crippen molar-refractivity contribution in [1.29, 1.82) is 0 Å². The molecule has 1 amide bonds. The predicted octanol–water partition coefficient (Wildman–Crippen LogP) is 9.44. The Morgan fingerprint density at radius 1 is 0.398 bits per heavy atom. The number of unbranched alkanes of at least 4 members (excludes halogenated alkanes) is 37. The molecule has 3 aliphatic heterocycles. The van der Waals surface area contributed by atoms with Crippen molar-refractivity contribution in [2.45, 2.75) is 381 Å². The second-order valence-corrected chi connectivity index (χ2v) is 25.7. The van der Waals surface area contributed by atoms with Gasteiger partial charge in [0.1, 0.15) is 73.2 Å². The van der Waals surface area contributed by atoms with Gasteiger partial charge in [0.25, 0.3) is 0 Å². The lowest BCUT2D eigenvalue weighted by Gasteiger charge is -2.48. The predicted molar refractivity (Wildman–Crippen MR) is 342 cm³/mol. The summed E-state index contributed by atoms with van der Waals surface area (Å²) >= 11 is 0. The minimum atomic E-state index is -1.98. The molecule has 19 nitrogen and oxygen atoms in total. The average Bonchev–Trinajstić information content (AvgIpc) is 1.62. The van der Waals surface area contributed by atoms with E-state index in [1.807, 2.05) is 6.08 Å². The number of ether oxygens (including phenoxy) is 6. The first-order chi connectivity index (χ1) is 42.8. The van der Waals surface area contributed by atoms with E-state index in [1.165, 1.54) is 205 Å². The number of allylic oxidation sites excluding steroid dienone is 3. The van der Waals surface area contributed by atoms with Gasteiger partial charge in [-0.3, -0.25) is 4.79 Å². The highest BCUT2D eigenvalue weighted by atomic mass is 16.8. The van der Waals surface area contributed by atoms with Crippen molar-refractivity contribution in [3.8, 4) is 0 Å². The van der Waals surface area contributed by atoms with Crippen LogP contribution in [0.2, 0.25) is 0 Å². The van der Waals surface area contributed by atoms with E-state index in [9.17, 15) is 61.0 Å². The molecular weight excluding hydrogens is 1130 g/mol. The molecule has 0 aliphatic carbocycles. The highest BCUT2D eigenvalue weighted by Crippen LogP contribution is 2.33. The number of carbonyl (C=O) groups excluding carboxylic acids is 1. The molecule has 12 N–H and O–H groups in total. The summed E-state index contributed by atoms with van der Waals surface area (Å²) in [5.74, 6) is -0.281. The second-order valence-electron chi connectivity index (χ2n) is 25.7. The Balaban J connectivity index is 1.37. The van der Waals surface area contributed by atoms with Crippen LogP contribution >= 0.6 is 0 Å². The summed E-state index contributed by atoms with van der Waals surface area (Å²) in [6, 6.07) is -0.986. The Bertz CT molecular complexity index is 1690. The summed E-state index contributed by atoms with van der Waals surface area (Å²) in [6.07, 6.45) is 31.9. The van der Waals surface area contributed by atoms with Crippen LogP contribution in [-0.2, 0) is 33.2 Å². The molecule has 3 heterocycles. The van der Waals surface area contributed by atoms with E-state index >= 15 is 0 Å². The van der Waals surface area contributed by atoms with Crippen molar-refractivity contribution >= 4 is 5.91 Å². The molecule has 518 valence electrons. The lowest BCUT2D eigenvalue weighted by Crippen LogP contribution is -2.66. The Morgan fingerprint density at radius 3 is 1.14 bits per heavy atom. The van der Waals surface area contributed by atoms with Gasteiger partial charge >= 0.3 is 0 Å². The summed E-state index contributed by atoms with van der Waals surface area (Å²) < 4.78 is 34.3. The third-order valence-electron chi connectivity index (χ3n) is 18.0. The molecule has 0 aromatic rings. The Kier molecular flexibility index (Phi) is 47.3.